The molecule has 0 saturated heterocycles. The molecule has 0 aliphatic carbocycles. The SMILES string of the molecule is CN(CCN(CC(=O)O)[N+](=O)[O-])[N+](=O)[O-]. The van der Waals surface area contributed by atoms with E-state index in [1.54, 1.807) is 0 Å². The number of hydrazine groups is 2. The highest BCUT2D eigenvalue weighted by Crippen LogP contribution is 1.91. The average Bonchev–Trinajstić information content (AvgIpc) is 2.10. The molecule has 0 bridgehead atoms. The van der Waals surface area contributed by atoms with E-state index >= 15 is 0 Å². The standard InChI is InChI=1S/C5H10N4O6/c1-6(8(12)13)2-3-7(9(14)15)4-5(10)11/h2-4H2,1H3,(H,10,11). The first-order chi connectivity index (χ1) is 6.84. The van der Waals surface area contributed by atoms with Crippen LogP contribution >= 0.6 is 0 Å². The fourth-order valence-electron chi connectivity index (χ4n) is 0.716. The lowest BCUT2D eigenvalue weighted by atomic mass is 10.5. The topological polar surface area (TPSA) is 130 Å². The van der Waals surface area contributed by atoms with E-state index < -0.39 is 22.6 Å². The number of nitrogens with zero attached hydrogens (tertiary/aromatic N) is 4. The zero-order chi connectivity index (χ0) is 12.0. The van der Waals surface area contributed by atoms with E-state index in [0.29, 0.717) is 10.0 Å². The van der Waals surface area contributed by atoms with Crippen LogP contribution in [0, 0.1) is 20.2 Å². The molecular weight excluding hydrogens is 212 g/mol. The van der Waals surface area contributed by atoms with Gasteiger partial charge in [-0.1, -0.05) is 0 Å². The van der Waals surface area contributed by atoms with Gasteiger partial charge in [-0.25, -0.2) is 20.2 Å². The van der Waals surface area contributed by atoms with Crippen LogP contribution in [0.5, 0.6) is 0 Å². The molecule has 0 spiro atoms. The molecule has 86 valence electrons. The van der Waals surface area contributed by atoms with E-state index in [2.05, 4.69) is 0 Å². The minimum Gasteiger partial charge on any atom is -0.480 e. The van der Waals surface area contributed by atoms with Crippen molar-refractivity contribution in [3.05, 3.63) is 20.2 Å². The first kappa shape index (κ1) is 12.9. The lowest BCUT2D eigenvalue weighted by molar-refractivity contribution is -0.669. The van der Waals surface area contributed by atoms with Crippen LogP contribution in [-0.2, 0) is 4.79 Å². The van der Waals surface area contributed by atoms with Crippen molar-refractivity contribution < 1.29 is 20.0 Å². The van der Waals surface area contributed by atoms with Crippen LogP contribution in [0.15, 0.2) is 0 Å². The molecule has 0 aliphatic heterocycles. The van der Waals surface area contributed by atoms with Crippen molar-refractivity contribution >= 4 is 5.97 Å². The predicted molar refractivity (Wildman–Crippen MR) is 45.8 cm³/mol. The number of rotatable bonds is 7. The van der Waals surface area contributed by atoms with Crippen molar-refractivity contribution in [2.24, 2.45) is 0 Å². The van der Waals surface area contributed by atoms with Gasteiger partial charge in [0.25, 0.3) is 0 Å². The quantitative estimate of drug-likeness (QED) is 0.415. The third kappa shape index (κ3) is 5.23. The molecule has 0 heterocycles. The summed E-state index contributed by atoms with van der Waals surface area (Å²) in [5.74, 6) is -1.37. The van der Waals surface area contributed by atoms with Crippen molar-refractivity contribution in [3.8, 4) is 0 Å². The molecule has 15 heavy (non-hydrogen) atoms. The molecule has 0 atom stereocenters. The molecule has 1 N–H and O–H groups in total. The van der Waals surface area contributed by atoms with Gasteiger partial charge in [-0.05, 0) is 0 Å². The molecule has 0 fully saturated rings. The van der Waals surface area contributed by atoms with Crippen molar-refractivity contribution in [1.29, 1.82) is 0 Å². The number of aliphatic carboxylic acids is 1. The summed E-state index contributed by atoms with van der Waals surface area (Å²) in [5.41, 5.74) is 0. The Morgan fingerprint density at radius 1 is 1.27 bits per heavy atom. The zero-order valence-corrected chi connectivity index (χ0v) is 7.90. The maximum atomic E-state index is 10.3. The molecule has 0 amide bonds. The van der Waals surface area contributed by atoms with Gasteiger partial charge in [0.2, 0.25) is 0 Å². The van der Waals surface area contributed by atoms with Gasteiger partial charge < -0.3 is 5.11 Å². The Hall–Kier alpha value is -2.13. The van der Waals surface area contributed by atoms with E-state index in [1.165, 1.54) is 0 Å². The number of hydrogen-bond donors (Lipinski definition) is 1. The van der Waals surface area contributed by atoms with Crippen LogP contribution < -0.4 is 0 Å². The summed E-state index contributed by atoms with van der Waals surface area (Å²) in [6.07, 6.45) is 0. The minimum atomic E-state index is -1.37. The monoisotopic (exact) mass is 222 g/mol. The fraction of sp³-hybridized carbons (Fsp3) is 0.800. The van der Waals surface area contributed by atoms with Gasteiger partial charge in [0.15, 0.2) is 16.6 Å². The molecule has 0 aromatic heterocycles. The number of carboxylic acids is 1. The summed E-state index contributed by atoms with van der Waals surface area (Å²) < 4.78 is 0. The van der Waals surface area contributed by atoms with Gasteiger partial charge in [0.1, 0.15) is 13.1 Å². The first-order valence-electron chi connectivity index (χ1n) is 3.81. The second-order valence-corrected chi connectivity index (χ2v) is 2.64. The van der Waals surface area contributed by atoms with E-state index in [1.807, 2.05) is 0 Å². The highest BCUT2D eigenvalue weighted by molar-refractivity contribution is 5.68. The number of carbonyl (C=O) groups is 1. The Morgan fingerprint density at radius 3 is 2.13 bits per heavy atom. The lowest BCUT2D eigenvalue weighted by Gasteiger charge is -2.13. The van der Waals surface area contributed by atoms with Crippen LogP contribution in [-0.4, -0.2) is 57.8 Å². The number of likely N-dealkylation sites (N-methyl/N-ethyl adjacent to an activating group) is 1. The Balaban J connectivity index is 4.13. The molecular formula is C5H10N4O6. The van der Waals surface area contributed by atoms with Crippen LogP contribution in [0.2, 0.25) is 0 Å². The Kier molecular flexibility index (Phi) is 4.78. The third-order valence-electron chi connectivity index (χ3n) is 1.51. The van der Waals surface area contributed by atoms with Gasteiger partial charge in [-0.15, -0.1) is 10.0 Å². The zero-order valence-electron chi connectivity index (χ0n) is 7.90. The molecule has 0 rings (SSSR count). The normalized spacial score (nSPS) is 9.40. The maximum absolute atomic E-state index is 10.3. The number of hydrogen-bond acceptors (Lipinski definition) is 5. The largest absolute Gasteiger partial charge is 0.480 e. The second-order valence-electron chi connectivity index (χ2n) is 2.64. The smallest absolute Gasteiger partial charge is 0.329 e. The molecule has 0 aromatic carbocycles. The van der Waals surface area contributed by atoms with Crippen molar-refractivity contribution in [1.82, 2.24) is 10.0 Å². The van der Waals surface area contributed by atoms with Gasteiger partial charge in [0.05, 0.1) is 7.05 Å². The number of nitro groups is 2. The summed E-state index contributed by atoms with van der Waals surface area (Å²) in [6, 6.07) is 0. The Labute approximate surface area is 83.9 Å². The number of carboxylic acid groups (broad SMARTS) is 1. The van der Waals surface area contributed by atoms with E-state index in [9.17, 15) is 25.0 Å². The van der Waals surface area contributed by atoms with E-state index in [0.717, 1.165) is 7.05 Å². The minimum absolute atomic E-state index is 0.235. The van der Waals surface area contributed by atoms with Crippen molar-refractivity contribution in [2.75, 3.05) is 26.7 Å². The van der Waals surface area contributed by atoms with Crippen molar-refractivity contribution in [3.63, 3.8) is 0 Å². The summed E-state index contributed by atoms with van der Waals surface area (Å²) in [4.78, 5) is 30.6. The van der Waals surface area contributed by atoms with Gasteiger partial charge in [0, 0.05) is 0 Å². The molecule has 0 saturated carbocycles. The van der Waals surface area contributed by atoms with Gasteiger partial charge in [-0.2, -0.15) is 0 Å². The van der Waals surface area contributed by atoms with Gasteiger partial charge in [-0.3, -0.25) is 4.79 Å². The highest BCUT2D eigenvalue weighted by atomic mass is 16.7. The van der Waals surface area contributed by atoms with E-state index in [-0.39, 0.29) is 13.1 Å². The van der Waals surface area contributed by atoms with Crippen LogP contribution in [0.1, 0.15) is 0 Å². The second kappa shape index (κ2) is 5.57. The maximum Gasteiger partial charge on any atom is 0.329 e. The van der Waals surface area contributed by atoms with Crippen LogP contribution in [0.4, 0.5) is 0 Å². The summed E-state index contributed by atoms with van der Waals surface area (Å²) >= 11 is 0. The van der Waals surface area contributed by atoms with E-state index in [4.69, 9.17) is 5.11 Å². The highest BCUT2D eigenvalue weighted by Gasteiger charge is 2.20. The third-order valence-corrected chi connectivity index (χ3v) is 1.51. The Bertz CT molecular complexity index is 268. The summed E-state index contributed by atoms with van der Waals surface area (Å²) in [7, 11) is 1.14. The van der Waals surface area contributed by atoms with Crippen molar-refractivity contribution in [2.45, 2.75) is 0 Å². The molecule has 0 aromatic rings. The molecule has 10 heteroatoms. The Morgan fingerprint density at radius 2 is 1.80 bits per heavy atom. The predicted octanol–water partition coefficient (Wildman–Crippen LogP) is -1.31. The molecule has 0 radical (unpaired) electrons. The lowest BCUT2D eigenvalue weighted by Crippen LogP contribution is -2.41. The van der Waals surface area contributed by atoms with Gasteiger partial charge >= 0.3 is 5.97 Å². The molecule has 0 unspecified atom stereocenters. The van der Waals surface area contributed by atoms with Crippen LogP contribution in [0.25, 0.3) is 0 Å². The van der Waals surface area contributed by atoms with Crippen LogP contribution in [0.3, 0.4) is 0 Å². The fourth-order valence-corrected chi connectivity index (χ4v) is 0.716. The summed E-state index contributed by atoms with van der Waals surface area (Å²) in [5, 5.41) is 28.1. The average molecular weight is 222 g/mol. The molecule has 10 nitrogen and oxygen atoms in total. The molecule has 0 aliphatic rings. The summed E-state index contributed by atoms with van der Waals surface area (Å²) in [6.45, 7) is -1.36. The first-order valence-corrected chi connectivity index (χ1v) is 3.81.